The number of rotatable bonds is 4. The van der Waals surface area contributed by atoms with E-state index >= 15 is 0 Å². The van der Waals surface area contributed by atoms with Crippen LogP contribution in [-0.2, 0) is 4.79 Å². The maximum Gasteiger partial charge on any atom is 0.137 e. The van der Waals surface area contributed by atoms with Crippen molar-refractivity contribution in [1.82, 2.24) is 0 Å². The predicted molar refractivity (Wildman–Crippen MR) is 90.9 cm³/mol. The summed E-state index contributed by atoms with van der Waals surface area (Å²) in [5.74, 6) is -1.44. The van der Waals surface area contributed by atoms with Crippen LogP contribution in [0.3, 0.4) is 0 Å². The molecule has 0 aliphatic carbocycles. The first kappa shape index (κ1) is 15.8. The van der Waals surface area contributed by atoms with Crippen molar-refractivity contribution in [2.75, 3.05) is 11.4 Å². The maximum atomic E-state index is 10.9. The van der Waals surface area contributed by atoms with Crippen molar-refractivity contribution in [2.45, 2.75) is 12.8 Å². The Morgan fingerprint density at radius 1 is 1.17 bits per heavy atom. The molecule has 2 aromatic rings. The van der Waals surface area contributed by atoms with Gasteiger partial charge in [0.25, 0.3) is 0 Å². The van der Waals surface area contributed by atoms with Crippen molar-refractivity contribution in [3.05, 3.63) is 71.5 Å². The summed E-state index contributed by atoms with van der Waals surface area (Å²) in [6, 6.07) is 16.2. The second kappa shape index (κ2) is 6.20. The fraction of sp³-hybridized carbons (Fsp3) is 0.158. The Bertz CT molecular complexity index is 810. The molecule has 5 heteroatoms. The lowest BCUT2D eigenvalue weighted by atomic mass is 10.0. The number of anilines is 1. The van der Waals surface area contributed by atoms with Gasteiger partial charge in [-0.2, -0.15) is 0 Å². The van der Waals surface area contributed by atoms with Crippen LogP contribution in [0.4, 0.5) is 5.69 Å². The highest BCUT2D eigenvalue weighted by Gasteiger charge is 2.29. The zero-order valence-electron chi connectivity index (χ0n) is 13.2. The number of nitrogens with zero attached hydrogens (tertiary/aromatic N) is 1. The molecular formula is C19H17N2O3-. The molecule has 1 heterocycles. The van der Waals surface area contributed by atoms with Gasteiger partial charge in [0.15, 0.2) is 0 Å². The first-order valence-electron chi connectivity index (χ1n) is 7.64. The lowest BCUT2D eigenvalue weighted by molar-refractivity contribution is -0.307. The minimum atomic E-state index is -1.12. The number of aliphatic hydroxyl groups excluding tert-OH is 1. The van der Waals surface area contributed by atoms with Gasteiger partial charge in [-0.3, -0.25) is 5.41 Å². The van der Waals surface area contributed by atoms with Crippen LogP contribution in [0.25, 0.3) is 5.57 Å². The number of benzene rings is 2. The highest BCUT2D eigenvalue weighted by molar-refractivity contribution is 6.30. The van der Waals surface area contributed by atoms with Crippen LogP contribution in [0.2, 0.25) is 0 Å². The average Bonchev–Trinajstić information content (AvgIpc) is 2.89. The fourth-order valence-corrected chi connectivity index (χ4v) is 2.79. The normalized spacial score (nSPS) is 15.7. The highest BCUT2D eigenvalue weighted by Crippen LogP contribution is 2.31. The molecule has 0 saturated carbocycles. The molecule has 0 unspecified atom stereocenters. The van der Waals surface area contributed by atoms with Gasteiger partial charge >= 0.3 is 0 Å². The van der Waals surface area contributed by atoms with Gasteiger partial charge in [-0.15, -0.1) is 0 Å². The van der Waals surface area contributed by atoms with E-state index in [0.29, 0.717) is 11.1 Å². The highest BCUT2D eigenvalue weighted by atomic mass is 16.4. The Morgan fingerprint density at radius 3 is 2.38 bits per heavy atom. The lowest BCUT2D eigenvalue weighted by Gasteiger charge is -2.20. The minimum absolute atomic E-state index is 0.151. The Morgan fingerprint density at radius 2 is 1.79 bits per heavy atom. The minimum Gasteiger partial charge on any atom is -0.550 e. The van der Waals surface area contributed by atoms with Crippen molar-refractivity contribution in [1.29, 1.82) is 5.41 Å². The number of aliphatic carboxylic acids is 1. The number of carboxylic acid groups (broad SMARTS) is 1. The third kappa shape index (κ3) is 2.76. The zero-order valence-corrected chi connectivity index (χ0v) is 13.2. The van der Waals surface area contributed by atoms with Gasteiger partial charge in [0.05, 0.1) is 12.1 Å². The van der Waals surface area contributed by atoms with Crippen LogP contribution in [0.1, 0.15) is 24.0 Å². The first-order valence-corrected chi connectivity index (χ1v) is 7.64. The van der Waals surface area contributed by atoms with Gasteiger partial charge in [0.2, 0.25) is 0 Å². The molecule has 3 rings (SSSR count). The summed E-state index contributed by atoms with van der Waals surface area (Å²) in [6.07, 6.45) is 0. The Balaban J connectivity index is 1.85. The molecule has 1 aliphatic heterocycles. The monoisotopic (exact) mass is 321 g/mol. The van der Waals surface area contributed by atoms with Crippen LogP contribution < -0.4 is 10.0 Å². The molecular weight excluding hydrogens is 304 g/mol. The molecule has 2 aromatic carbocycles. The van der Waals surface area contributed by atoms with E-state index in [1.54, 1.807) is 36.1 Å². The Kier molecular flexibility index (Phi) is 4.08. The summed E-state index contributed by atoms with van der Waals surface area (Å²) in [5, 5.41) is 29.6. The molecule has 24 heavy (non-hydrogen) atoms. The molecule has 0 fully saturated rings. The topological polar surface area (TPSA) is 87.4 Å². The summed E-state index contributed by atoms with van der Waals surface area (Å²) < 4.78 is 0. The molecule has 0 bridgehead atoms. The SMILES string of the molecule is C[C@@H](C(=O)[O-])c1ccc(N2CC(O)=C(c3ccccc3)C2=N)cc1. The van der Waals surface area contributed by atoms with Crippen LogP contribution in [-0.4, -0.2) is 23.5 Å². The second-order valence-electron chi connectivity index (χ2n) is 5.75. The van der Waals surface area contributed by atoms with Gasteiger partial charge in [-0.1, -0.05) is 49.4 Å². The van der Waals surface area contributed by atoms with Crippen molar-refractivity contribution in [2.24, 2.45) is 0 Å². The number of nitrogens with one attached hydrogen (secondary N) is 1. The number of hydrogen-bond donors (Lipinski definition) is 2. The van der Waals surface area contributed by atoms with Crippen LogP contribution in [0.15, 0.2) is 60.4 Å². The summed E-state index contributed by atoms with van der Waals surface area (Å²) in [6.45, 7) is 1.79. The standard InChI is InChI=1S/C19H18N2O3/c1-12(19(23)24)13-7-9-15(10-8-13)21-11-16(22)17(18(21)20)14-5-3-2-4-6-14/h2-10,12,20,22H,11H2,1H3,(H,23,24)/p-1/t12-/m1/s1. The predicted octanol–water partition coefficient (Wildman–Crippen LogP) is 2.31. The molecule has 5 nitrogen and oxygen atoms in total. The number of carbonyl (C=O) groups is 1. The van der Waals surface area contributed by atoms with Gasteiger partial charge in [0.1, 0.15) is 11.6 Å². The van der Waals surface area contributed by atoms with Crippen LogP contribution >= 0.6 is 0 Å². The third-order valence-corrected chi connectivity index (χ3v) is 4.22. The molecule has 0 aromatic heterocycles. The number of hydrogen-bond acceptors (Lipinski definition) is 4. The Hall–Kier alpha value is -3.08. The average molecular weight is 321 g/mol. The Labute approximate surface area is 140 Å². The number of amidine groups is 1. The van der Waals surface area contributed by atoms with Gasteiger partial charge < -0.3 is 19.9 Å². The molecule has 1 aliphatic rings. The van der Waals surface area contributed by atoms with E-state index in [0.717, 1.165) is 11.3 Å². The molecule has 0 saturated heterocycles. The smallest absolute Gasteiger partial charge is 0.137 e. The van der Waals surface area contributed by atoms with E-state index in [9.17, 15) is 15.0 Å². The summed E-state index contributed by atoms with van der Waals surface area (Å²) >= 11 is 0. The van der Waals surface area contributed by atoms with E-state index in [4.69, 9.17) is 5.41 Å². The fourth-order valence-electron chi connectivity index (χ4n) is 2.79. The first-order chi connectivity index (χ1) is 11.5. The molecule has 0 spiro atoms. The van der Waals surface area contributed by atoms with Crippen LogP contribution in [0, 0.1) is 5.41 Å². The summed E-state index contributed by atoms with van der Waals surface area (Å²) in [5.41, 5.74) is 2.68. The van der Waals surface area contributed by atoms with E-state index in [1.165, 1.54) is 0 Å². The van der Waals surface area contributed by atoms with Gasteiger partial charge in [-0.05, 0) is 23.3 Å². The quantitative estimate of drug-likeness (QED) is 0.904. The molecule has 2 N–H and O–H groups in total. The van der Waals surface area contributed by atoms with Crippen LogP contribution in [0.5, 0.6) is 0 Å². The van der Waals surface area contributed by atoms with E-state index < -0.39 is 11.9 Å². The maximum absolute atomic E-state index is 10.9. The number of carbonyl (C=O) groups excluding carboxylic acids is 1. The van der Waals surface area contributed by atoms with Crippen molar-refractivity contribution in [3.8, 4) is 0 Å². The van der Waals surface area contributed by atoms with E-state index in [-0.39, 0.29) is 18.1 Å². The summed E-state index contributed by atoms with van der Waals surface area (Å²) in [4.78, 5) is 12.6. The number of aliphatic hydroxyl groups is 1. The molecule has 0 radical (unpaired) electrons. The van der Waals surface area contributed by atoms with Gasteiger partial charge in [0, 0.05) is 17.6 Å². The summed E-state index contributed by atoms with van der Waals surface area (Å²) in [7, 11) is 0. The molecule has 0 amide bonds. The van der Waals surface area contributed by atoms with Crippen molar-refractivity contribution >= 4 is 23.1 Å². The van der Waals surface area contributed by atoms with E-state index in [2.05, 4.69) is 0 Å². The van der Waals surface area contributed by atoms with E-state index in [1.807, 2.05) is 30.3 Å². The van der Waals surface area contributed by atoms with Gasteiger partial charge in [-0.25, -0.2) is 0 Å². The molecule has 122 valence electrons. The third-order valence-electron chi connectivity index (χ3n) is 4.22. The van der Waals surface area contributed by atoms with Crippen molar-refractivity contribution < 1.29 is 15.0 Å². The largest absolute Gasteiger partial charge is 0.550 e. The molecule has 1 atom stereocenters. The van der Waals surface area contributed by atoms with Crippen molar-refractivity contribution in [3.63, 3.8) is 0 Å². The lowest BCUT2D eigenvalue weighted by Crippen LogP contribution is -2.28. The zero-order chi connectivity index (χ0) is 17.3. The second-order valence-corrected chi connectivity index (χ2v) is 5.75. The number of carboxylic acids is 1.